The minimum atomic E-state index is 0.162. The number of halogens is 1. The Bertz CT molecular complexity index is 408. The predicted octanol–water partition coefficient (Wildman–Crippen LogP) is 2.75. The summed E-state index contributed by atoms with van der Waals surface area (Å²) < 4.78 is 5.22. The molecule has 1 heterocycles. The molecule has 1 atom stereocenters. The number of carbonyl (C=O) groups is 1. The molecule has 0 radical (unpaired) electrons. The van der Waals surface area contributed by atoms with Crippen LogP contribution < -0.4 is 4.74 Å². The van der Waals surface area contributed by atoms with Crippen LogP contribution in [-0.2, 0) is 4.79 Å². The molecule has 0 bridgehead atoms. The third-order valence-corrected chi connectivity index (χ3v) is 3.65. The molecule has 0 N–H and O–H groups in total. The summed E-state index contributed by atoms with van der Waals surface area (Å²) >= 11 is 3.24. The van der Waals surface area contributed by atoms with Gasteiger partial charge in [0.25, 0.3) is 0 Å². The van der Waals surface area contributed by atoms with Crippen LogP contribution >= 0.6 is 15.9 Å². The van der Waals surface area contributed by atoms with Crippen molar-refractivity contribution < 1.29 is 9.53 Å². The maximum absolute atomic E-state index is 11.8. The van der Waals surface area contributed by atoms with Gasteiger partial charge in [-0.3, -0.25) is 4.79 Å². The Morgan fingerprint density at radius 2 is 2.41 bits per heavy atom. The second kappa shape index (κ2) is 5.54. The molecular formula is C13H16BrNO2. The summed E-state index contributed by atoms with van der Waals surface area (Å²) in [5.41, 5.74) is 1.16. The van der Waals surface area contributed by atoms with Crippen LogP contribution in [0.3, 0.4) is 0 Å². The summed E-state index contributed by atoms with van der Waals surface area (Å²) in [4.78, 5) is 13.7. The number of ether oxygens (including phenoxy) is 1. The number of likely N-dealkylation sites (tertiary alicyclic amines) is 1. The van der Waals surface area contributed by atoms with Gasteiger partial charge in [-0.1, -0.05) is 28.1 Å². The summed E-state index contributed by atoms with van der Waals surface area (Å²) in [6.45, 7) is 0.853. The quantitative estimate of drug-likeness (QED) is 0.803. The van der Waals surface area contributed by atoms with Gasteiger partial charge in [-0.25, -0.2) is 0 Å². The van der Waals surface area contributed by atoms with Gasteiger partial charge >= 0.3 is 0 Å². The lowest BCUT2D eigenvalue weighted by atomic mass is 10.0. The monoisotopic (exact) mass is 297 g/mol. The SMILES string of the molecule is COc1cccc(C2CCCN2C(=O)CBr)c1. The average Bonchev–Trinajstić information content (AvgIpc) is 2.87. The van der Waals surface area contributed by atoms with Gasteiger partial charge in [0.1, 0.15) is 5.75 Å². The topological polar surface area (TPSA) is 29.5 Å². The smallest absolute Gasteiger partial charge is 0.233 e. The van der Waals surface area contributed by atoms with Gasteiger partial charge in [0.15, 0.2) is 0 Å². The summed E-state index contributed by atoms with van der Waals surface area (Å²) in [5.74, 6) is 1.01. The number of methoxy groups -OCH3 is 1. The van der Waals surface area contributed by atoms with E-state index in [1.54, 1.807) is 7.11 Å². The van der Waals surface area contributed by atoms with Crippen molar-refractivity contribution in [2.75, 3.05) is 19.0 Å². The molecule has 0 saturated carbocycles. The fourth-order valence-corrected chi connectivity index (χ4v) is 2.66. The normalized spacial score (nSPS) is 19.4. The Labute approximate surface area is 110 Å². The van der Waals surface area contributed by atoms with E-state index in [1.165, 1.54) is 0 Å². The molecule has 4 heteroatoms. The number of nitrogens with zero attached hydrogens (tertiary/aromatic N) is 1. The summed E-state index contributed by atoms with van der Waals surface area (Å²) in [6.07, 6.45) is 2.10. The van der Waals surface area contributed by atoms with Gasteiger partial charge in [0.2, 0.25) is 5.91 Å². The molecule has 0 spiro atoms. The van der Waals surface area contributed by atoms with Crippen molar-refractivity contribution in [1.29, 1.82) is 0 Å². The molecule has 2 rings (SSSR count). The molecule has 0 aromatic heterocycles. The second-order valence-corrected chi connectivity index (χ2v) is 4.72. The number of benzene rings is 1. The Balaban J connectivity index is 2.22. The van der Waals surface area contributed by atoms with Crippen molar-refractivity contribution in [1.82, 2.24) is 4.90 Å². The highest BCUT2D eigenvalue weighted by Crippen LogP contribution is 2.33. The van der Waals surface area contributed by atoms with E-state index in [9.17, 15) is 4.79 Å². The highest BCUT2D eigenvalue weighted by atomic mass is 79.9. The van der Waals surface area contributed by atoms with Crippen molar-refractivity contribution in [3.05, 3.63) is 29.8 Å². The summed E-state index contributed by atoms with van der Waals surface area (Å²) in [5, 5.41) is 0.396. The minimum Gasteiger partial charge on any atom is -0.497 e. The van der Waals surface area contributed by atoms with Crippen LogP contribution in [0.1, 0.15) is 24.4 Å². The van der Waals surface area contributed by atoms with Crippen molar-refractivity contribution in [3.63, 3.8) is 0 Å². The van der Waals surface area contributed by atoms with Gasteiger partial charge in [0, 0.05) is 6.54 Å². The maximum atomic E-state index is 11.8. The second-order valence-electron chi connectivity index (χ2n) is 4.16. The van der Waals surface area contributed by atoms with Gasteiger partial charge in [0.05, 0.1) is 18.5 Å². The Morgan fingerprint density at radius 3 is 3.12 bits per heavy atom. The summed E-state index contributed by atoms with van der Waals surface area (Å²) in [7, 11) is 1.66. The molecular weight excluding hydrogens is 282 g/mol. The molecule has 1 fully saturated rings. The molecule has 1 unspecified atom stereocenters. The van der Waals surface area contributed by atoms with Crippen molar-refractivity contribution >= 4 is 21.8 Å². The maximum Gasteiger partial charge on any atom is 0.233 e. The van der Waals surface area contributed by atoms with Crippen molar-refractivity contribution in [3.8, 4) is 5.75 Å². The zero-order valence-corrected chi connectivity index (χ0v) is 11.4. The van der Waals surface area contributed by atoms with Crippen LogP contribution in [0.15, 0.2) is 24.3 Å². The van der Waals surface area contributed by atoms with E-state index in [0.717, 1.165) is 30.7 Å². The molecule has 1 aliphatic heterocycles. The number of alkyl halides is 1. The standard InChI is InChI=1S/C13H16BrNO2/c1-17-11-5-2-4-10(8-11)12-6-3-7-15(12)13(16)9-14/h2,4-5,8,12H,3,6-7,9H2,1H3. The highest BCUT2D eigenvalue weighted by molar-refractivity contribution is 9.09. The average molecular weight is 298 g/mol. The fourth-order valence-electron chi connectivity index (χ4n) is 2.34. The Hall–Kier alpha value is -1.03. The lowest BCUT2D eigenvalue weighted by Gasteiger charge is -2.24. The third-order valence-electron chi connectivity index (χ3n) is 3.17. The third kappa shape index (κ3) is 2.63. The van der Waals surface area contributed by atoms with E-state index < -0.39 is 0 Å². The molecule has 1 aliphatic rings. The van der Waals surface area contributed by atoms with E-state index in [4.69, 9.17) is 4.74 Å². The lowest BCUT2D eigenvalue weighted by molar-refractivity contribution is -0.129. The molecule has 92 valence electrons. The molecule has 17 heavy (non-hydrogen) atoms. The van der Waals surface area contributed by atoms with E-state index in [0.29, 0.717) is 5.33 Å². The fraction of sp³-hybridized carbons (Fsp3) is 0.462. The number of rotatable bonds is 3. The van der Waals surface area contributed by atoms with Crippen LogP contribution in [0.4, 0.5) is 0 Å². The molecule has 1 saturated heterocycles. The minimum absolute atomic E-state index is 0.162. The van der Waals surface area contributed by atoms with Crippen LogP contribution in [0.25, 0.3) is 0 Å². The van der Waals surface area contributed by atoms with Gasteiger partial charge in [-0.15, -0.1) is 0 Å². The molecule has 1 aromatic carbocycles. The van der Waals surface area contributed by atoms with Crippen LogP contribution in [-0.4, -0.2) is 29.8 Å². The van der Waals surface area contributed by atoms with E-state index in [-0.39, 0.29) is 11.9 Å². The van der Waals surface area contributed by atoms with Crippen LogP contribution in [0.2, 0.25) is 0 Å². The molecule has 1 aromatic rings. The zero-order valence-electron chi connectivity index (χ0n) is 9.86. The van der Waals surface area contributed by atoms with Crippen LogP contribution in [0.5, 0.6) is 5.75 Å². The van der Waals surface area contributed by atoms with Gasteiger partial charge in [-0.2, -0.15) is 0 Å². The number of carbonyl (C=O) groups excluding carboxylic acids is 1. The Kier molecular flexibility index (Phi) is 4.05. The largest absolute Gasteiger partial charge is 0.497 e. The van der Waals surface area contributed by atoms with Crippen molar-refractivity contribution in [2.45, 2.75) is 18.9 Å². The first kappa shape index (κ1) is 12.4. The van der Waals surface area contributed by atoms with Crippen molar-refractivity contribution in [2.24, 2.45) is 0 Å². The number of amides is 1. The molecule has 0 aliphatic carbocycles. The molecule has 1 amide bonds. The van der Waals surface area contributed by atoms with Crippen LogP contribution in [0, 0.1) is 0 Å². The predicted molar refractivity (Wildman–Crippen MR) is 70.5 cm³/mol. The number of hydrogen-bond donors (Lipinski definition) is 0. The van der Waals surface area contributed by atoms with E-state index in [2.05, 4.69) is 22.0 Å². The number of hydrogen-bond acceptors (Lipinski definition) is 2. The Morgan fingerprint density at radius 1 is 1.59 bits per heavy atom. The van der Waals surface area contributed by atoms with Gasteiger partial charge in [-0.05, 0) is 30.5 Å². The lowest BCUT2D eigenvalue weighted by Crippen LogP contribution is -2.31. The first-order chi connectivity index (χ1) is 8.26. The van der Waals surface area contributed by atoms with E-state index >= 15 is 0 Å². The first-order valence-electron chi connectivity index (χ1n) is 5.75. The summed E-state index contributed by atoms with van der Waals surface area (Å²) in [6, 6.07) is 8.19. The zero-order chi connectivity index (χ0) is 12.3. The van der Waals surface area contributed by atoms with E-state index in [1.807, 2.05) is 23.1 Å². The highest BCUT2D eigenvalue weighted by Gasteiger charge is 2.29. The first-order valence-corrected chi connectivity index (χ1v) is 6.88. The van der Waals surface area contributed by atoms with Gasteiger partial charge < -0.3 is 9.64 Å². The molecule has 3 nitrogen and oxygen atoms in total.